The molecule has 3 aromatic rings. The van der Waals surface area contributed by atoms with Gasteiger partial charge in [-0.1, -0.05) is 48.0 Å². The van der Waals surface area contributed by atoms with Crippen LogP contribution >= 0.6 is 11.6 Å². The lowest BCUT2D eigenvalue weighted by atomic mass is 10.2. The summed E-state index contributed by atoms with van der Waals surface area (Å²) in [4.78, 5) is 28.5. The van der Waals surface area contributed by atoms with Gasteiger partial charge in [-0.25, -0.2) is 4.98 Å². The van der Waals surface area contributed by atoms with Crippen molar-refractivity contribution in [3.63, 3.8) is 0 Å². The first-order chi connectivity index (χ1) is 12.5. The number of hydrogen-bond donors (Lipinski definition) is 2. The molecule has 0 saturated heterocycles. The number of pyridine rings is 1. The van der Waals surface area contributed by atoms with E-state index < -0.39 is 17.9 Å². The van der Waals surface area contributed by atoms with Crippen LogP contribution in [-0.2, 0) is 4.79 Å². The fourth-order valence-electron chi connectivity index (χ4n) is 2.26. The molecule has 0 aliphatic heterocycles. The van der Waals surface area contributed by atoms with E-state index in [1.54, 1.807) is 43.3 Å². The van der Waals surface area contributed by atoms with Crippen molar-refractivity contribution in [2.45, 2.75) is 13.0 Å². The number of ether oxygens (including phenoxy) is 1. The van der Waals surface area contributed by atoms with E-state index >= 15 is 0 Å². The number of nitrogens with one attached hydrogen (secondary N) is 2. The van der Waals surface area contributed by atoms with E-state index in [1.807, 2.05) is 24.3 Å². The first-order valence-electron chi connectivity index (χ1n) is 7.92. The van der Waals surface area contributed by atoms with E-state index in [2.05, 4.69) is 15.8 Å². The standard InChI is InChI=1S/C19H16ClN3O3/c1-12(26-17-9-5-3-7-14(17)20)18(24)22-23-19(25)16-11-10-13-6-2-4-8-15(13)21-16/h2-12H,1H3,(H,22,24)(H,23,25). The summed E-state index contributed by atoms with van der Waals surface area (Å²) in [6, 6.07) is 17.7. The number of aromatic nitrogens is 1. The van der Waals surface area contributed by atoms with Crippen molar-refractivity contribution in [2.24, 2.45) is 0 Å². The van der Waals surface area contributed by atoms with Crippen molar-refractivity contribution in [1.29, 1.82) is 0 Å². The minimum absolute atomic E-state index is 0.198. The number of halogens is 1. The van der Waals surface area contributed by atoms with Gasteiger partial charge in [-0.15, -0.1) is 0 Å². The van der Waals surface area contributed by atoms with Crippen LogP contribution in [0.4, 0.5) is 0 Å². The summed E-state index contributed by atoms with van der Waals surface area (Å²) in [5.74, 6) is -0.646. The lowest BCUT2D eigenvalue weighted by molar-refractivity contribution is -0.128. The molecule has 0 radical (unpaired) electrons. The highest BCUT2D eigenvalue weighted by Gasteiger charge is 2.17. The summed E-state index contributed by atoms with van der Waals surface area (Å²) >= 11 is 5.99. The van der Waals surface area contributed by atoms with Gasteiger partial charge in [-0.05, 0) is 31.2 Å². The van der Waals surface area contributed by atoms with Crippen LogP contribution < -0.4 is 15.6 Å². The van der Waals surface area contributed by atoms with Crippen LogP contribution in [0.2, 0.25) is 5.02 Å². The van der Waals surface area contributed by atoms with Crippen LogP contribution in [0.1, 0.15) is 17.4 Å². The zero-order valence-corrected chi connectivity index (χ0v) is 14.7. The van der Waals surface area contributed by atoms with Crippen molar-refractivity contribution in [3.05, 3.63) is 71.4 Å². The highest BCUT2D eigenvalue weighted by molar-refractivity contribution is 6.32. The van der Waals surface area contributed by atoms with Crippen molar-refractivity contribution in [3.8, 4) is 5.75 Å². The Hall–Kier alpha value is -3.12. The number of para-hydroxylation sites is 2. The van der Waals surface area contributed by atoms with Gasteiger partial charge in [0.2, 0.25) is 0 Å². The molecule has 6 nitrogen and oxygen atoms in total. The van der Waals surface area contributed by atoms with Crippen molar-refractivity contribution < 1.29 is 14.3 Å². The normalized spacial score (nSPS) is 11.6. The number of amides is 2. The van der Waals surface area contributed by atoms with E-state index in [4.69, 9.17) is 16.3 Å². The first-order valence-corrected chi connectivity index (χ1v) is 8.29. The summed E-state index contributed by atoms with van der Waals surface area (Å²) in [6.07, 6.45) is -0.847. The predicted octanol–water partition coefficient (Wildman–Crippen LogP) is 3.12. The average molecular weight is 370 g/mol. The Kier molecular flexibility index (Phi) is 5.34. The van der Waals surface area contributed by atoms with E-state index in [0.717, 1.165) is 5.39 Å². The van der Waals surface area contributed by atoms with Crippen LogP contribution in [0.15, 0.2) is 60.7 Å². The third kappa shape index (κ3) is 4.10. The lowest BCUT2D eigenvalue weighted by Gasteiger charge is -2.15. The van der Waals surface area contributed by atoms with Crippen LogP contribution in [-0.4, -0.2) is 22.9 Å². The summed E-state index contributed by atoms with van der Waals surface area (Å²) < 4.78 is 5.49. The van der Waals surface area contributed by atoms with Crippen LogP contribution in [0, 0.1) is 0 Å². The molecule has 3 rings (SSSR count). The van der Waals surface area contributed by atoms with E-state index in [-0.39, 0.29) is 5.69 Å². The summed E-state index contributed by atoms with van der Waals surface area (Å²) in [5, 5.41) is 1.33. The average Bonchev–Trinajstić information content (AvgIpc) is 2.67. The molecule has 0 aliphatic carbocycles. The summed E-state index contributed by atoms with van der Waals surface area (Å²) in [6.45, 7) is 1.55. The molecule has 2 N–H and O–H groups in total. The van der Waals surface area contributed by atoms with Crippen molar-refractivity contribution in [1.82, 2.24) is 15.8 Å². The highest BCUT2D eigenvalue weighted by Crippen LogP contribution is 2.24. The fraction of sp³-hybridized carbons (Fsp3) is 0.105. The minimum Gasteiger partial charge on any atom is -0.479 e. The molecule has 26 heavy (non-hydrogen) atoms. The van der Waals surface area contributed by atoms with Crippen LogP contribution in [0.25, 0.3) is 10.9 Å². The number of hydrogen-bond acceptors (Lipinski definition) is 4. The highest BCUT2D eigenvalue weighted by atomic mass is 35.5. The second kappa shape index (κ2) is 7.84. The largest absolute Gasteiger partial charge is 0.479 e. The maximum atomic E-state index is 12.2. The second-order valence-corrected chi connectivity index (χ2v) is 5.93. The van der Waals surface area contributed by atoms with E-state index in [9.17, 15) is 9.59 Å². The van der Waals surface area contributed by atoms with Gasteiger partial charge >= 0.3 is 0 Å². The number of nitrogens with zero attached hydrogens (tertiary/aromatic N) is 1. The van der Waals surface area contributed by atoms with Gasteiger partial charge in [-0.3, -0.25) is 20.4 Å². The molecule has 132 valence electrons. The Morgan fingerprint density at radius 2 is 1.73 bits per heavy atom. The van der Waals surface area contributed by atoms with Crippen molar-refractivity contribution in [2.75, 3.05) is 0 Å². The molecule has 1 heterocycles. The molecule has 1 atom stereocenters. The number of fused-ring (bicyclic) bond motifs is 1. The van der Waals surface area contributed by atoms with E-state index in [0.29, 0.717) is 16.3 Å². The van der Waals surface area contributed by atoms with Crippen LogP contribution in [0.3, 0.4) is 0 Å². The molecule has 0 aliphatic rings. The van der Waals surface area contributed by atoms with Gasteiger partial charge in [0.15, 0.2) is 6.10 Å². The predicted molar refractivity (Wildman–Crippen MR) is 98.9 cm³/mol. The molecule has 0 fully saturated rings. The molecule has 7 heteroatoms. The third-order valence-corrected chi connectivity index (χ3v) is 3.95. The molecule has 2 aromatic carbocycles. The number of hydrazine groups is 1. The Labute approximate surface area is 155 Å². The number of carbonyl (C=O) groups excluding carboxylic acids is 2. The molecule has 1 unspecified atom stereocenters. The molecule has 1 aromatic heterocycles. The van der Waals surface area contributed by atoms with E-state index in [1.165, 1.54) is 0 Å². The fourth-order valence-corrected chi connectivity index (χ4v) is 2.44. The summed E-state index contributed by atoms with van der Waals surface area (Å²) in [5.41, 5.74) is 5.55. The quantitative estimate of drug-likeness (QED) is 0.692. The number of benzene rings is 2. The topological polar surface area (TPSA) is 80.3 Å². The zero-order chi connectivity index (χ0) is 18.5. The molecular formula is C19H16ClN3O3. The number of carbonyl (C=O) groups is 2. The molecular weight excluding hydrogens is 354 g/mol. The molecule has 0 spiro atoms. The van der Waals surface area contributed by atoms with Crippen LogP contribution in [0.5, 0.6) is 5.75 Å². The first kappa shape index (κ1) is 17.7. The van der Waals surface area contributed by atoms with Gasteiger partial charge < -0.3 is 4.74 Å². The Balaban J connectivity index is 1.59. The SMILES string of the molecule is CC(Oc1ccccc1Cl)C(=O)NNC(=O)c1ccc2ccccc2n1. The summed E-state index contributed by atoms with van der Waals surface area (Å²) in [7, 11) is 0. The van der Waals surface area contributed by atoms with Gasteiger partial charge in [0.25, 0.3) is 11.8 Å². The monoisotopic (exact) mass is 369 g/mol. The molecule has 0 bridgehead atoms. The van der Waals surface area contributed by atoms with Gasteiger partial charge in [0.05, 0.1) is 10.5 Å². The zero-order valence-electron chi connectivity index (χ0n) is 13.9. The number of rotatable bonds is 4. The maximum Gasteiger partial charge on any atom is 0.288 e. The Morgan fingerprint density at radius 1 is 1.00 bits per heavy atom. The Morgan fingerprint density at radius 3 is 2.54 bits per heavy atom. The third-order valence-electron chi connectivity index (χ3n) is 3.64. The van der Waals surface area contributed by atoms with Crippen molar-refractivity contribution >= 4 is 34.3 Å². The second-order valence-electron chi connectivity index (χ2n) is 5.52. The van der Waals surface area contributed by atoms with Gasteiger partial charge in [0, 0.05) is 5.39 Å². The maximum absolute atomic E-state index is 12.2. The smallest absolute Gasteiger partial charge is 0.288 e. The van der Waals surface area contributed by atoms with Gasteiger partial charge in [-0.2, -0.15) is 0 Å². The lowest BCUT2D eigenvalue weighted by Crippen LogP contribution is -2.47. The minimum atomic E-state index is -0.847. The molecule has 2 amide bonds. The van der Waals surface area contributed by atoms with Gasteiger partial charge in [0.1, 0.15) is 11.4 Å². The Bertz CT molecular complexity index is 961. The molecule has 0 saturated carbocycles.